The van der Waals surface area contributed by atoms with Crippen LogP contribution in [0.15, 0.2) is 22.8 Å². The van der Waals surface area contributed by atoms with E-state index < -0.39 is 11.7 Å². The third-order valence-electron chi connectivity index (χ3n) is 4.36. The van der Waals surface area contributed by atoms with Crippen LogP contribution in [0.4, 0.5) is 13.2 Å². The number of benzene rings is 1. The highest BCUT2D eigenvalue weighted by Gasteiger charge is 2.33. The average Bonchev–Trinajstić information content (AvgIpc) is 2.88. The van der Waals surface area contributed by atoms with Gasteiger partial charge in [-0.3, -0.25) is 4.68 Å². The molecule has 0 spiro atoms. The van der Waals surface area contributed by atoms with Crippen LogP contribution in [0.25, 0.3) is 10.9 Å². The maximum absolute atomic E-state index is 12.9. The molecule has 1 aromatic heterocycles. The van der Waals surface area contributed by atoms with Crippen LogP contribution >= 0.6 is 15.9 Å². The van der Waals surface area contributed by atoms with E-state index >= 15 is 0 Å². The van der Waals surface area contributed by atoms with E-state index in [9.17, 15) is 13.2 Å². The van der Waals surface area contributed by atoms with Crippen LogP contribution in [0, 0.1) is 5.92 Å². The van der Waals surface area contributed by atoms with Gasteiger partial charge in [0.25, 0.3) is 0 Å². The number of aliphatic hydroxyl groups is 1. The van der Waals surface area contributed by atoms with Gasteiger partial charge in [-0.15, -0.1) is 0 Å². The van der Waals surface area contributed by atoms with Gasteiger partial charge in [0, 0.05) is 22.7 Å². The fraction of sp³-hybridized carbons (Fsp3) is 0.533. The van der Waals surface area contributed by atoms with Gasteiger partial charge in [-0.05, 0) is 43.7 Å². The Balaban J connectivity index is 1.90. The van der Waals surface area contributed by atoms with Crippen molar-refractivity contribution in [3.8, 4) is 0 Å². The lowest BCUT2D eigenvalue weighted by Crippen LogP contribution is -2.20. The van der Waals surface area contributed by atoms with E-state index in [-0.39, 0.29) is 17.1 Å². The Kier molecular flexibility index (Phi) is 4.20. The largest absolute Gasteiger partial charge is 0.417 e. The van der Waals surface area contributed by atoms with Gasteiger partial charge in [-0.2, -0.15) is 18.3 Å². The van der Waals surface area contributed by atoms with Gasteiger partial charge in [-0.1, -0.05) is 15.9 Å². The number of aliphatic hydroxyl groups excluding tert-OH is 1. The predicted molar refractivity (Wildman–Crippen MR) is 80.5 cm³/mol. The normalized spacial score (nSPS) is 23.1. The molecule has 3 rings (SSSR count). The summed E-state index contributed by atoms with van der Waals surface area (Å²) < 4.78 is 40.6. The molecular formula is C15H16BrF3N2O. The molecule has 1 heterocycles. The van der Waals surface area contributed by atoms with E-state index in [2.05, 4.69) is 21.0 Å². The Morgan fingerprint density at radius 3 is 2.50 bits per heavy atom. The Morgan fingerprint density at radius 2 is 1.91 bits per heavy atom. The minimum atomic E-state index is -4.39. The van der Waals surface area contributed by atoms with Gasteiger partial charge in [0.1, 0.15) is 0 Å². The lowest BCUT2D eigenvalue weighted by molar-refractivity contribution is -0.138. The Hall–Kier alpha value is -1.08. The highest BCUT2D eigenvalue weighted by Crippen LogP contribution is 2.38. The summed E-state index contributed by atoms with van der Waals surface area (Å²) in [7, 11) is 0. The first-order valence-electron chi connectivity index (χ1n) is 7.25. The molecule has 1 aliphatic carbocycles. The van der Waals surface area contributed by atoms with Gasteiger partial charge in [0.05, 0.1) is 17.1 Å². The molecule has 1 fully saturated rings. The average molecular weight is 377 g/mol. The molecule has 7 heteroatoms. The zero-order valence-corrected chi connectivity index (χ0v) is 13.4. The van der Waals surface area contributed by atoms with Crippen LogP contribution in [0.5, 0.6) is 0 Å². The van der Waals surface area contributed by atoms with Crippen molar-refractivity contribution in [1.29, 1.82) is 0 Å². The van der Waals surface area contributed by atoms with Crippen molar-refractivity contribution in [3.05, 3.63) is 28.4 Å². The molecule has 1 aliphatic rings. The summed E-state index contributed by atoms with van der Waals surface area (Å²) >= 11 is 2.99. The van der Waals surface area contributed by atoms with Crippen molar-refractivity contribution in [2.75, 3.05) is 6.61 Å². The summed E-state index contributed by atoms with van der Waals surface area (Å²) in [4.78, 5) is 0. The Bertz CT molecular complexity index is 675. The van der Waals surface area contributed by atoms with Crippen LogP contribution in [0.3, 0.4) is 0 Å². The number of aromatic nitrogens is 2. The number of fused-ring (bicyclic) bond motifs is 1. The summed E-state index contributed by atoms with van der Waals surface area (Å²) in [5, 5.41) is 14.2. The summed E-state index contributed by atoms with van der Waals surface area (Å²) in [6.07, 6.45) is 1.06. The van der Waals surface area contributed by atoms with E-state index in [1.807, 2.05) is 6.20 Å². The highest BCUT2D eigenvalue weighted by molar-refractivity contribution is 9.10. The molecule has 0 aliphatic heterocycles. The first-order chi connectivity index (χ1) is 10.4. The lowest BCUT2D eigenvalue weighted by Gasteiger charge is -2.27. The molecule has 1 aromatic carbocycles. The van der Waals surface area contributed by atoms with Crippen LogP contribution in [-0.2, 0) is 6.18 Å². The standard InChI is InChI=1S/C15H16BrF3N2O/c16-13-5-10-7-21(11-3-1-9(8-22)2-4-11)20-14(10)6-12(13)15(17,18)19/h5-7,9,11,22H,1-4,8H2/t9-,11-. The van der Waals surface area contributed by atoms with E-state index in [0.29, 0.717) is 16.8 Å². The SMILES string of the molecule is OC[C@H]1CC[C@H](n2cc3cc(Br)c(C(F)(F)F)cc3n2)CC1. The fourth-order valence-electron chi connectivity index (χ4n) is 3.06. The molecule has 22 heavy (non-hydrogen) atoms. The van der Waals surface area contributed by atoms with Crippen molar-refractivity contribution in [2.45, 2.75) is 37.9 Å². The van der Waals surface area contributed by atoms with Crippen molar-refractivity contribution in [2.24, 2.45) is 5.92 Å². The van der Waals surface area contributed by atoms with E-state index in [1.54, 1.807) is 4.68 Å². The van der Waals surface area contributed by atoms with Gasteiger partial charge >= 0.3 is 6.18 Å². The lowest BCUT2D eigenvalue weighted by atomic mass is 9.87. The van der Waals surface area contributed by atoms with E-state index in [0.717, 1.165) is 31.7 Å². The first kappa shape index (κ1) is 15.8. The molecule has 0 unspecified atom stereocenters. The van der Waals surface area contributed by atoms with Crippen molar-refractivity contribution < 1.29 is 18.3 Å². The zero-order valence-electron chi connectivity index (χ0n) is 11.8. The quantitative estimate of drug-likeness (QED) is 0.835. The summed E-state index contributed by atoms with van der Waals surface area (Å²) in [5.74, 6) is 0.340. The molecule has 0 atom stereocenters. The van der Waals surface area contributed by atoms with Crippen LogP contribution in [-0.4, -0.2) is 21.5 Å². The van der Waals surface area contributed by atoms with Gasteiger partial charge < -0.3 is 5.11 Å². The van der Waals surface area contributed by atoms with Crippen molar-refractivity contribution >= 4 is 26.8 Å². The smallest absolute Gasteiger partial charge is 0.396 e. The minimum Gasteiger partial charge on any atom is -0.396 e. The summed E-state index contributed by atoms with van der Waals surface area (Å²) in [6.45, 7) is 0.204. The zero-order chi connectivity index (χ0) is 15.9. The summed E-state index contributed by atoms with van der Waals surface area (Å²) in [5.41, 5.74) is -0.339. The number of hydrogen-bond donors (Lipinski definition) is 1. The maximum atomic E-state index is 12.9. The predicted octanol–water partition coefficient (Wildman–Crippen LogP) is 4.54. The van der Waals surface area contributed by atoms with Crippen LogP contribution < -0.4 is 0 Å². The first-order valence-corrected chi connectivity index (χ1v) is 8.04. The number of rotatable bonds is 2. The molecule has 1 saturated carbocycles. The van der Waals surface area contributed by atoms with Crippen molar-refractivity contribution in [1.82, 2.24) is 9.78 Å². The second-order valence-corrected chi connectivity index (χ2v) is 6.71. The third-order valence-corrected chi connectivity index (χ3v) is 5.02. The van der Waals surface area contributed by atoms with Gasteiger partial charge in [0.2, 0.25) is 0 Å². The molecule has 0 amide bonds. The summed E-state index contributed by atoms with van der Waals surface area (Å²) in [6, 6.07) is 2.76. The van der Waals surface area contributed by atoms with Crippen LogP contribution in [0.2, 0.25) is 0 Å². The minimum absolute atomic E-state index is 0.0380. The monoisotopic (exact) mass is 376 g/mol. The Morgan fingerprint density at radius 1 is 1.23 bits per heavy atom. The maximum Gasteiger partial charge on any atom is 0.417 e. The second kappa shape index (κ2) is 5.85. The number of alkyl halides is 3. The topological polar surface area (TPSA) is 38.0 Å². The molecule has 2 aromatic rings. The highest BCUT2D eigenvalue weighted by atomic mass is 79.9. The third kappa shape index (κ3) is 3.01. The Labute approximate surface area is 134 Å². The molecule has 0 saturated heterocycles. The van der Waals surface area contributed by atoms with Gasteiger partial charge in [0.15, 0.2) is 0 Å². The molecule has 1 N–H and O–H groups in total. The number of hydrogen-bond acceptors (Lipinski definition) is 2. The number of halogens is 4. The van der Waals surface area contributed by atoms with Gasteiger partial charge in [-0.25, -0.2) is 0 Å². The molecule has 0 radical (unpaired) electrons. The van der Waals surface area contributed by atoms with E-state index in [1.165, 1.54) is 6.07 Å². The fourth-order valence-corrected chi connectivity index (χ4v) is 3.65. The molecular weight excluding hydrogens is 361 g/mol. The second-order valence-electron chi connectivity index (χ2n) is 5.85. The van der Waals surface area contributed by atoms with Crippen LogP contribution in [0.1, 0.15) is 37.3 Å². The van der Waals surface area contributed by atoms with E-state index in [4.69, 9.17) is 5.11 Å². The molecule has 120 valence electrons. The number of nitrogens with zero attached hydrogens (tertiary/aromatic N) is 2. The van der Waals surface area contributed by atoms with Crippen molar-refractivity contribution in [3.63, 3.8) is 0 Å². The molecule has 3 nitrogen and oxygen atoms in total. The molecule has 0 bridgehead atoms.